The van der Waals surface area contributed by atoms with Gasteiger partial charge in [0.05, 0.1) is 61.6 Å². The summed E-state index contributed by atoms with van der Waals surface area (Å²) in [4.78, 5) is 139. The Balaban J connectivity index is 0.616. The van der Waals surface area contributed by atoms with Crippen molar-refractivity contribution in [3.8, 4) is 45.6 Å². The normalized spacial score (nSPS) is 14.1. The Morgan fingerprint density at radius 1 is 0.344 bits per heavy atom. The summed E-state index contributed by atoms with van der Waals surface area (Å²) < 4.78 is 12.2. The molecule has 10 aromatic rings. The Bertz CT molecular complexity index is 5030. The average molecular weight is 1230 g/mol. The summed E-state index contributed by atoms with van der Waals surface area (Å²) in [6, 6.07) is 54.2. The molecule has 18 heteroatoms. The van der Waals surface area contributed by atoms with Crippen LogP contribution in [0.5, 0.6) is 34.5 Å². The molecule has 18 nitrogen and oxygen atoms in total. The van der Waals surface area contributed by atoms with Gasteiger partial charge in [-0.1, -0.05) is 92.2 Å². The highest BCUT2D eigenvalue weighted by Crippen LogP contribution is 2.43. The van der Waals surface area contributed by atoms with Gasteiger partial charge in [-0.25, -0.2) is 14.7 Å². The van der Waals surface area contributed by atoms with E-state index in [0.717, 1.165) is 47.8 Å². The number of hydrogen-bond acceptors (Lipinski definition) is 14. The SMILES string of the molecule is Cc1ccc(Oc2ccc(C(C)(C)c3ccc(Oc4ccc(N5C(=O)c6ccc(C(=O)c7ccc8c(c7)C(=O)N(c7ccc(-c9ccc(N%10C(=O)c%11ccc(C(=O)c%12ccc%13c(c%12)C(=O)N(C)C%13=O)cc%11C%10=O)c(O)c9)cc7O)C8=O)cc6C5=O)cc4)cc3)cc2)cc1. The van der Waals surface area contributed by atoms with E-state index in [-0.39, 0.29) is 89.2 Å². The van der Waals surface area contributed by atoms with Gasteiger partial charge >= 0.3 is 0 Å². The molecule has 0 fully saturated rings. The van der Waals surface area contributed by atoms with Gasteiger partial charge in [0.25, 0.3) is 47.3 Å². The number of rotatable bonds is 14. The molecular weight excluding hydrogens is 1180 g/mol. The lowest BCUT2D eigenvalue weighted by molar-refractivity contribution is 0.0690. The van der Waals surface area contributed by atoms with Gasteiger partial charge in [0.2, 0.25) is 0 Å². The Morgan fingerprint density at radius 3 is 1.02 bits per heavy atom. The van der Waals surface area contributed by atoms with E-state index in [9.17, 15) is 58.2 Å². The maximum atomic E-state index is 14.1. The zero-order valence-electron chi connectivity index (χ0n) is 49.7. The topological polar surface area (TPSA) is 243 Å². The molecule has 0 unspecified atom stereocenters. The first-order chi connectivity index (χ1) is 44.6. The van der Waals surface area contributed by atoms with Crippen LogP contribution >= 0.6 is 0 Å². The third-order valence-corrected chi connectivity index (χ3v) is 17.3. The lowest BCUT2D eigenvalue weighted by Gasteiger charge is -2.26. The molecule has 8 amide bonds. The molecule has 0 saturated carbocycles. The minimum atomic E-state index is -0.847. The summed E-state index contributed by atoms with van der Waals surface area (Å²) in [5, 5.41) is 22.7. The van der Waals surface area contributed by atoms with Crippen molar-refractivity contribution in [2.45, 2.75) is 26.2 Å². The molecule has 4 heterocycles. The summed E-state index contributed by atoms with van der Waals surface area (Å²) in [5.41, 5.74) is 3.52. The van der Waals surface area contributed by atoms with Gasteiger partial charge < -0.3 is 19.7 Å². The number of ether oxygens (including phenoxy) is 2. The molecule has 2 N–H and O–H groups in total. The fourth-order valence-electron chi connectivity index (χ4n) is 12.0. The number of fused-ring (bicyclic) bond motifs is 4. The van der Waals surface area contributed by atoms with Gasteiger partial charge in [0.1, 0.15) is 34.5 Å². The Kier molecular flexibility index (Phi) is 13.6. The molecule has 0 aromatic heterocycles. The molecule has 4 aliphatic rings. The highest BCUT2D eigenvalue weighted by molar-refractivity contribution is 6.37. The Hall–Kier alpha value is -12.7. The summed E-state index contributed by atoms with van der Waals surface area (Å²) in [6.45, 7) is 6.30. The van der Waals surface area contributed by atoms with Crippen LogP contribution in [0.1, 0.15) is 145 Å². The lowest BCUT2D eigenvalue weighted by atomic mass is 9.78. The quantitative estimate of drug-likeness (QED) is 0.0760. The number of carbonyl (C=O) groups excluding carboxylic acids is 10. The molecule has 0 aliphatic carbocycles. The second-order valence-electron chi connectivity index (χ2n) is 23.3. The van der Waals surface area contributed by atoms with Gasteiger partial charge in [0.15, 0.2) is 11.6 Å². The van der Waals surface area contributed by atoms with Crippen LogP contribution in [0.3, 0.4) is 0 Å². The maximum Gasteiger partial charge on any atom is 0.266 e. The molecule has 4 aliphatic heterocycles. The van der Waals surface area contributed by atoms with Gasteiger partial charge in [-0.05, 0) is 163 Å². The van der Waals surface area contributed by atoms with Crippen LogP contribution < -0.4 is 24.2 Å². The molecule has 0 saturated heterocycles. The van der Waals surface area contributed by atoms with Crippen LogP contribution in [0.4, 0.5) is 17.1 Å². The van der Waals surface area contributed by atoms with Crippen molar-refractivity contribution in [2.24, 2.45) is 0 Å². The maximum absolute atomic E-state index is 14.1. The molecular formula is C75H48N4O14. The van der Waals surface area contributed by atoms with Crippen LogP contribution in [0, 0.1) is 6.92 Å². The number of ketones is 2. The van der Waals surface area contributed by atoms with E-state index in [4.69, 9.17) is 9.47 Å². The highest BCUT2D eigenvalue weighted by atomic mass is 16.5. The van der Waals surface area contributed by atoms with E-state index in [1.807, 2.05) is 67.6 Å². The lowest BCUT2D eigenvalue weighted by Crippen LogP contribution is -2.29. The zero-order valence-corrected chi connectivity index (χ0v) is 49.7. The predicted molar refractivity (Wildman–Crippen MR) is 340 cm³/mol. The van der Waals surface area contributed by atoms with Crippen molar-refractivity contribution in [3.05, 3.63) is 290 Å². The number of aryl methyl sites for hydroxylation is 1. The van der Waals surface area contributed by atoms with E-state index in [1.54, 1.807) is 24.3 Å². The number of nitrogens with zero attached hydrogens (tertiary/aromatic N) is 4. The first kappa shape index (κ1) is 58.0. The second kappa shape index (κ2) is 21.8. The number of hydrogen-bond donors (Lipinski definition) is 2. The number of imide groups is 4. The van der Waals surface area contributed by atoms with Crippen LogP contribution in [0.25, 0.3) is 11.1 Å². The first-order valence-electron chi connectivity index (χ1n) is 29.2. The number of phenolic OH excluding ortho intramolecular Hbond substituents is 2. The molecule has 14 rings (SSSR count). The summed E-state index contributed by atoms with van der Waals surface area (Å²) in [7, 11) is 1.33. The van der Waals surface area contributed by atoms with E-state index < -0.39 is 70.3 Å². The Morgan fingerprint density at radius 2 is 0.645 bits per heavy atom. The van der Waals surface area contributed by atoms with Crippen LogP contribution in [0.15, 0.2) is 206 Å². The number of anilines is 3. The van der Waals surface area contributed by atoms with Gasteiger partial charge in [-0.3, -0.25) is 52.8 Å². The van der Waals surface area contributed by atoms with Crippen molar-refractivity contribution in [2.75, 3.05) is 21.7 Å². The van der Waals surface area contributed by atoms with Crippen molar-refractivity contribution in [1.29, 1.82) is 0 Å². The smallest absolute Gasteiger partial charge is 0.266 e. The van der Waals surface area contributed by atoms with Crippen LogP contribution in [-0.2, 0) is 5.41 Å². The summed E-state index contributed by atoms with van der Waals surface area (Å²) in [5.74, 6) is -5.24. The fraction of sp³-hybridized carbons (Fsp3) is 0.0667. The number of amides is 8. The first-order valence-corrected chi connectivity index (χ1v) is 29.2. The van der Waals surface area contributed by atoms with Crippen LogP contribution in [0.2, 0.25) is 0 Å². The van der Waals surface area contributed by atoms with Gasteiger partial charge in [-0.15, -0.1) is 0 Å². The van der Waals surface area contributed by atoms with Crippen LogP contribution in [-0.4, -0.2) is 81.0 Å². The number of carbonyl (C=O) groups is 10. The number of aromatic hydroxyl groups is 2. The molecule has 452 valence electrons. The van der Waals surface area contributed by atoms with E-state index in [2.05, 4.69) is 26.0 Å². The van der Waals surface area contributed by atoms with Gasteiger partial charge in [0, 0.05) is 34.7 Å². The molecule has 10 aromatic carbocycles. The minimum absolute atomic E-state index is 0.00255. The standard InChI is InChI=1S/C75H48N4O14/c1-39-5-19-49(20-6-39)92-50-21-13-46(14-22-50)75(2,3)47-15-23-51(24-16-47)93-52-25-17-48(18-26-52)77-69(86)54-28-8-43(34-58(54)72(77)89)66(83)45-10-30-56-60(36-45)74(91)79(71(56)88)62-32-12-41(38-64(62)81)40-11-31-61(63(80)37-40)78-70(87)55-29-9-44(35-59(55)73(78)90)65(82)42-7-27-53-57(33-42)68(85)76(4)67(53)84/h5-38,80-81H,1-4H3. The minimum Gasteiger partial charge on any atom is -0.506 e. The van der Waals surface area contributed by atoms with Crippen molar-refractivity contribution >= 4 is 75.9 Å². The second-order valence-corrected chi connectivity index (χ2v) is 23.3. The molecule has 0 atom stereocenters. The fourth-order valence-corrected chi connectivity index (χ4v) is 12.0. The molecule has 0 bridgehead atoms. The Labute approximate surface area is 529 Å². The summed E-state index contributed by atoms with van der Waals surface area (Å²) in [6.07, 6.45) is 0. The van der Waals surface area contributed by atoms with Gasteiger partial charge in [-0.2, -0.15) is 0 Å². The van der Waals surface area contributed by atoms with Crippen molar-refractivity contribution < 1.29 is 67.6 Å². The monoisotopic (exact) mass is 1230 g/mol. The number of phenols is 2. The summed E-state index contributed by atoms with van der Waals surface area (Å²) >= 11 is 0. The average Bonchev–Trinajstić information content (AvgIpc) is 1.62. The molecule has 0 spiro atoms. The third-order valence-electron chi connectivity index (χ3n) is 17.3. The molecule has 0 radical (unpaired) electrons. The number of benzene rings is 10. The largest absolute Gasteiger partial charge is 0.506 e. The molecule has 93 heavy (non-hydrogen) atoms. The van der Waals surface area contributed by atoms with Crippen molar-refractivity contribution in [3.63, 3.8) is 0 Å². The van der Waals surface area contributed by atoms with E-state index >= 15 is 0 Å². The highest BCUT2D eigenvalue weighted by Gasteiger charge is 2.42. The van der Waals surface area contributed by atoms with E-state index in [0.29, 0.717) is 22.6 Å². The predicted octanol–water partition coefficient (Wildman–Crippen LogP) is 13.1. The van der Waals surface area contributed by atoms with Crippen molar-refractivity contribution in [1.82, 2.24) is 4.90 Å². The zero-order chi connectivity index (χ0) is 65.0. The third kappa shape index (κ3) is 9.68. The van der Waals surface area contributed by atoms with E-state index in [1.165, 1.54) is 116 Å².